The smallest absolute Gasteiger partial charge is 0.343 e. The molecule has 1 N–H and O–H groups in total. The summed E-state index contributed by atoms with van der Waals surface area (Å²) in [5.74, 6) is -0.896. The van der Waals surface area contributed by atoms with Crippen LogP contribution in [0.4, 0.5) is 22.0 Å². The maximum atomic E-state index is 12.5. The first-order chi connectivity index (χ1) is 8.29. The number of halogens is 5. The molecule has 0 saturated carbocycles. The number of alkyl halides is 5. The zero-order chi connectivity index (χ0) is 13.5. The molecule has 0 fully saturated rings. The van der Waals surface area contributed by atoms with Crippen molar-refractivity contribution in [3.05, 3.63) is 34.9 Å². The van der Waals surface area contributed by atoms with Gasteiger partial charge in [-0.15, -0.1) is 0 Å². The minimum Gasteiger partial charge on any atom is -0.343 e. The fraction of sp³-hybridized carbons (Fsp3) is 0.364. The average molecular weight is 265 g/mol. The van der Waals surface area contributed by atoms with E-state index in [-0.39, 0.29) is 17.5 Å². The van der Waals surface area contributed by atoms with Crippen molar-refractivity contribution in [3.8, 4) is 0 Å². The fourth-order valence-electron chi connectivity index (χ4n) is 1.83. The second-order valence-corrected chi connectivity index (χ2v) is 3.99. The molecule has 1 atom stereocenters. The van der Waals surface area contributed by atoms with E-state index >= 15 is 0 Å². The molecule has 1 aromatic rings. The Balaban J connectivity index is 2.38. The number of hydrogen-bond donors (Lipinski definition) is 1. The predicted octanol–water partition coefficient (Wildman–Crippen LogP) is 2.63. The van der Waals surface area contributed by atoms with Crippen LogP contribution in [0.3, 0.4) is 0 Å². The number of amides is 1. The third-order valence-electron chi connectivity index (χ3n) is 2.74. The first-order valence-corrected chi connectivity index (χ1v) is 5.08. The predicted molar refractivity (Wildman–Crippen MR) is 52.4 cm³/mol. The van der Waals surface area contributed by atoms with E-state index in [0.717, 1.165) is 12.1 Å². The lowest BCUT2D eigenvalue weighted by atomic mass is 9.93. The second-order valence-electron chi connectivity index (χ2n) is 3.99. The SMILES string of the molecule is O=C1NC(C(F)F)Cc2ccc(C(F)(F)F)cc21. The normalized spacial score (nSPS) is 19.7. The molecule has 1 heterocycles. The third kappa shape index (κ3) is 2.30. The molecular formula is C11H8F5NO. The molecule has 0 aromatic heterocycles. The van der Waals surface area contributed by atoms with Crippen molar-refractivity contribution in [2.24, 2.45) is 0 Å². The first kappa shape index (κ1) is 12.8. The molecule has 0 bridgehead atoms. The quantitative estimate of drug-likeness (QED) is 0.777. The largest absolute Gasteiger partial charge is 0.416 e. The highest BCUT2D eigenvalue weighted by atomic mass is 19.4. The van der Waals surface area contributed by atoms with E-state index in [1.807, 2.05) is 5.32 Å². The fourth-order valence-corrected chi connectivity index (χ4v) is 1.83. The summed E-state index contributed by atoms with van der Waals surface area (Å²) in [4.78, 5) is 11.5. The van der Waals surface area contributed by atoms with Crippen LogP contribution in [0.15, 0.2) is 18.2 Å². The van der Waals surface area contributed by atoms with Crippen molar-refractivity contribution in [3.63, 3.8) is 0 Å². The maximum absolute atomic E-state index is 12.5. The van der Waals surface area contributed by atoms with E-state index < -0.39 is 30.1 Å². The van der Waals surface area contributed by atoms with Crippen molar-refractivity contribution < 1.29 is 26.7 Å². The summed E-state index contributed by atoms with van der Waals surface area (Å²) < 4.78 is 62.2. The number of rotatable bonds is 1. The number of carbonyl (C=O) groups is 1. The molecule has 0 spiro atoms. The molecule has 1 amide bonds. The van der Waals surface area contributed by atoms with Gasteiger partial charge >= 0.3 is 6.18 Å². The highest BCUT2D eigenvalue weighted by Crippen LogP contribution is 2.32. The molecular weight excluding hydrogens is 257 g/mol. The standard InChI is InChI=1S/C11H8F5NO/c12-9(13)8-3-5-1-2-6(11(14,15)16)4-7(5)10(18)17-8/h1-2,4,8-9H,3H2,(H,17,18). The molecule has 1 aromatic carbocycles. The maximum Gasteiger partial charge on any atom is 0.416 e. The summed E-state index contributed by atoms with van der Waals surface area (Å²) >= 11 is 0. The Kier molecular flexibility index (Phi) is 3.00. The van der Waals surface area contributed by atoms with Crippen LogP contribution >= 0.6 is 0 Å². The van der Waals surface area contributed by atoms with Gasteiger partial charge in [0.2, 0.25) is 0 Å². The van der Waals surface area contributed by atoms with Crippen LogP contribution in [0.1, 0.15) is 21.5 Å². The van der Waals surface area contributed by atoms with Crippen LogP contribution < -0.4 is 5.32 Å². The van der Waals surface area contributed by atoms with Gasteiger partial charge in [-0.25, -0.2) is 8.78 Å². The number of benzene rings is 1. The van der Waals surface area contributed by atoms with Crippen molar-refractivity contribution in [2.45, 2.75) is 25.1 Å². The van der Waals surface area contributed by atoms with E-state index in [9.17, 15) is 26.7 Å². The van der Waals surface area contributed by atoms with Gasteiger partial charge in [-0.1, -0.05) is 6.07 Å². The Labute approximate surface area is 98.8 Å². The molecule has 2 rings (SSSR count). The van der Waals surface area contributed by atoms with Gasteiger partial charge in [0, 0.05) is 5.56 Å². The minimum atomic E-state index is -4.56. The average Bonchev–Trinajstić information content (AvgIpc) is 2.27. The second kappa shape index (κ2) is 4.22. The number of fused-ring (bicyclic) bond motifs is 1. The Morgan fingerprint density at radius 1 is 1.28 bits per heavy atom. The van der Waals surface area contributed by atoms with Crippen LogP contribution in [0.25, 0.3) is 0 Å². The summed E-state index contributed by atoms with van der Waals surface area (Å²) in [5, 5.41) is 1.99. The van der Waals surface area contributed by atoms with Gasteiger partial charge in [0.1, 0.15) is 0 Å². The molecule has 0 aliphatic carbocycles. The highest BCUT2D eigenvalue weighted by molar-refractivity contribution is 5.97. The van der Waals surface area contributed by atoms with Crippen LogP contribution in [-0.2, 0) is 12.6 Å². The highest BCUT2D eigenvalue weighted by Gasteiger charge is 2.35. The molecule has 2 nitrogen and oxygen atoms in total. The summed E-state index contributed by atoms with van der Waals surface area (Å²) in [7, 11) is 0. The van der Waals surface area contributed by atoms with Gasteiger partial charge < -0.3 is 5.32 Å². The van der Waals surface area contributed by atoms with Gasteiger partial charge in [-0.2, -0.15) is 13.2 Å². The summed E-state index contributed by atoms with van der Waals surface area (Å²) in [5.41, 5.74) is -0.953. The number of hydrogen-bond acceptors (Lipinski definition) is 1. The molecule has 18 heavy (non-hydrogen) atoms. The van der Waals surface area contributed by atoms with E-state index in [1.54, 1.807) is 0 Å². The number of nitrogens with one attached hydrogen (secondary N) is 1. The van der Waals surface area contributed by atoms with E-state index in [2.05, 4.69) is 0 Å². The lowest BCUT2D eigenvalue weighted by Gasteiger charge is -2.25. The molecule has 1 aliphatic heterocycles. The van der Waals surface area contributed by atoms with E-state index in [0.29, 0.717) is 6.07 Å². The van der Waals surface area contributed by atoms with Crippen molar-refractivity contribution in [1.29, 1.82) is 0 Å². The Morgan fingerprint density at radius 3 is 2.50 bits per heavy atom. The minimum absolute atomic E-state index is 0.170. The lowest BCUT2D eigenvalue weighted by Crippen LogP contribution is -2.45. The van der Waals surface area contributed by atoms with Crippen molar-refractivity contribution >= 4 is 5.91 Å². The number of carbonyl (C=O) groups excluding carboxylic acids is 1. The summed E-state index contributed by atoms with van der Waals surface area (Å²) in [6, 6.07) is 1.21. The first-order valence-electron chi connectivity index (χ1n) is 5.08. The Morgan fingerprint density at radius 2 is 1.94 bits per heavy atom. The van der Waals surface area contributed by atoms with Crippen molar-refractivity contribution in [1.82, 2.24) is 5.32 Å². The molecule has 1 unspecified atom stereocenters. The molecule has 7 heteroatoms. The molecule has 1 aliphatic rings. The summed E-state index contributed by atoms with van der Waals surface area (Å²) in [6.45, 7) is 0. The van der Waals surface area contributed by atoms with Gasteiger partial charge in [-0.3, -0.25) is 4.79 Å². The lowest BCUT2D eigenvalue weighted by molar-refractivity contribution is -0.137. The van der Waals surface area contributed by atoms with Gasteiger partial charge in [0.25, 0.3) is 12.3 Å². The van der Waals surface area contributed by atoms with Gasteiger partial charge in [0.05, 0.1) is 11.6 Å². The van der Waals surface area contributed by atoms with Crippen LogP contribution in [0.5, 0.6) is 0 Å². The molecule has 98 valence electrons. The molecule has 0 radical (unpaired) electrons. The van der Waals surface area contributed by atoms with E-state index in [4.69, 9.17) is 0 Å². The van der Waals surface area contributed by atoms with Gasteiger partial charge in [0.15, 0.2) is 0 Å². The Bertz CT molecular complexity index is 483. The summed E-state index contributed by atoms with van der Waals surface area (Å²) in [6.07, 6.45) is -7.48. The molecule has 0 saturated heterocycles. The third-order valence-corrected chi connectivity index (χ3v) is 2.74. The Hall–Kier alpha value is -1.66. The zero-order valence-corrected chi connectivity index (χ0v) is 8.89. The van der Waals surface area contributed by atoms with Crippen LogP contribution in [0, 0.1) is 0 Å². The van der Waals surface area contributed by atoms with Crippen LogP contribution in [-0.4, -0.2) is 18.4 Å². The topological polar surface area (TPSA) is 29.1 Å². The van der Waals surface area contributed by atoms with Crippen molar-refractivity contribution in [2.75, 3.05) is 0 Å². The van der Waals surface area contributed by atoms with E-state index in [1.165, 1.54) is 0 Å². The monoisotopic (exact) mass is 265 g/mol. The van der Waals surface area contributed by atoms with Gasteiger partial charge in [-0.05, 0) is 24.1 Å². The van der Waals surface area contributed by atoms with Crippen LogP contribution in [0.2, 0.25) is 0 Å². The zero-order valence-electron chi connectivity index (χ0n) is 8.89.